The number of hydrogen-bond acceptors (Lipinski definition) is 3. The molecule has 5 heteroatoms. The molecule has 0 spiro atoms. The minimum Gasteiger partial charge on any atom is -0.478 e. The van der Waals surface area contributed by atoms with E-state index in [4.69, 9.17) is 16.7 Å². The summed E-state index contributed by atoms with van der Waals surface area (Å²) in [6.07, 6.45) is 1.21. The van der Waals surface area contributed by atoms with Crippen LogP contribution in [-0.2, 0) is 0 Å². The quantitative estimate of drug-likeness (QED) is 0.558. The van der Waals surface area contributed by atoms with Crippen molar-refractivity contribution in [3.8, 4) is 11.1 Å². The Hall–Kier alpha value is -2.82. The summed E-state index contributed by atoms with van der Waals surface area (Å²) in [4.78, 5) is 13.3. The zero-order valence-electron chi connectivity index (χ0n) is 16.5. The van der Waals surface area contributed by atoms with E-state index in [0.717, 1.165) is 48.3 Å². The van der Waals surface area contributed by atoms with Gasteiger partial charge in [-0.2, -0.15) is 0 Å². The van der Waals surface area contributed by atoms with Gasteiger partial charge in [-0.15, -0.1) is 0 Å². The van der Waals surface area contributed by atoms with Gasteiger partial charge in [-0.05, 0) is 71.8 Å². The molecule has 1 heterocycles. The first kappa shape index (κ1) is 20.5. The Labute approximate surface area is 181 Å². The maximum absolute atomic E-state index is 11.2. The number of aliphatic hydroxyl groups excluding tert-OH is 1. The molecular weight excluding hydrogens is 398 g/mol. The van der Waals surface area contributed by atoms with E-state index in [1.807, 2.05) is 60.7 Å². The summed E-state index contributed by atoms with van der Waals surface area (Å²) in [5.74, 6) is -0.740. The third-order valence-electron chi connectivity index (χ3n) is 5.90. The van der Waals surface area contributed by atoms with Crippen molar-refractivity contribution >= 4 is 23.3 Å². The van der Waals surface area contributed by atoms with Crippen LogP contribution in [0.3, 0.4) is 0 Å². The van der Waals surface area contributed by atoms with Gasteiger partial charge in [0, 0.05) is 23.8 Å². The van der Waals surface area contributed by atoms with Crippen molar-refractivity contribution in [2.75, 3.05) is 18.0 Å². The highest BCUT2D eigenvalue weighted by atomic mass is 35.5. The average molecular weight is 422 g/mol. The van der Waals surface area contributed by atoms with E-state index in [-0.39, 0.29) is 5.92 Å². The molecule has 1 aliphatic rings. The highest BCUT2D eigenvalue weighted by Gasteiger charge is 2.28. The number of benzene rings is 3. The number of anilines is 1. The van der Waals surface area contributed by atoms with Crippen molar-refractivity contribution in [3.05, 3.63) is 88.9 Å². The van der Waals surface area contributed by atoms with Gasteiger partial charge in [-0.3, -0.25) is 0 Å². The maximum Gasteiger partial charge on any atom is 0.335 e. The largest absolute Gasteiger partial charge is 0.478 e. The van der Waals surface area contributed by atoms with E-state index >= 15 is 0 Å². The standard InChI is InChI=1S/C25H24ClNO3/c26-20-9-5-17(6-10-20)22-3-1-2-4-23(22)24(28)18-13-15-27(16-14-18)21-11-7-19(8-12-21)25(29)30/h1-12,18,24,28H,13-16H2,(H,29,30). The number of carboxylic acids is 1. The number of piperidine rings is 1. The number of halogens is 1. The Morgan fingerprint density at radius 1 is 0.933 bits per heavy atom. The van der Waals surface area contributed by atoms with Gasteiger partial charge in [0.15, 0.2) is 0 Å². The molecule has 4 rings (SSSR count). The predicted octanol–water partition coefficient (Wildman–Crippen LogP) is 5.66. The molecule has 4 nitrogen and oxygen atoms in total. The van der Waals surface area contributed by atoms with Crippen LogP contribution >= 0.6 is 11.6 Å². The lowest BCUT2D eigenvalue weighted by molar-refractivity contribution is 0.0696. The summed E-state index contributed by atoms with van der Waals surface area (Å²) in [6, 6.07) is 22.7. The number of carboxylic acid groups (broad SMARTS) is 1. The van der Waals surface area contributed by atoms with Crippen LogP contribution in [0, 0.1) is 5.92 Å². The number of nitrogens with zero attached hydrogens (tertiary/aromatic N) is 1. The SMILES string of the molecule is O=C(O)c1ccc(N2CCC(C(O)c3ccccc3-c3ccc(Cl)cc3)CC2)cc1. The van der Waals surface area contributed by atoms with Crippen LogP contribution in [0.25, 0.3) is 11.1 Å². The molecule has 3 aromatic carbocycles. The number of aromatic carboxylic acids is 1. The summed E-state index contributed by atoms with van der Waals surface area (Å²) >= 11 is 6.03. The molecule has 1 aliphatic heterocycles. The molecule has 1 fully saturated rings. The van der Waals surface area contributed by atoms with E-state index in [9.17, 15) is 9.90 Å². The number of carbonyl (C=O) groups is 1. The van der Waals surface area contributed by atoms with Gasteiger partial charge in [0.25, 0.3) is 0 Å². The lowest BCUT2D eigenvalue weighted by atomic mass is 9.84. The third-order valence-corrected chi connectivity index (χ3v) is 6.15. The molecule has 2 N–H and O–H groups in total. The molecule has 0 aromatic heterocycles. The van der Waals surface area contributed by atoms with Crippen LogP contribution in [0.1, 0.15) is 34.9 Å². The minimum atomic E-state index is -0.914. The first-order valence-electron chi connectivity index (χ1n) is 10.1. The molecular formula is C25H24ClNO3. The Kier molecular flexibility index (Phi) is 6.07. The summed E-state index contributed by atoms with van der Waals surface area (Å²) in [5.41, 5.74) is 4.35. The predicted molar refractivity (Wildman–Crippen MR) is 120 cm³/mol. The topological polar surface area (TPSA) is 60.8 Å². The van der Waals surface area contributed by atoms with Gasteiger partial charge in [0.1, 0.15) is 0 Å². The molecule has 1 atom stereocenters. The first-order valence-corrected chi connectivity index (χ1v) is 10.5. The highest BCUT2D eigenvalue weighted by molar-refractivity contribution is 6.30. The summed E-state index contributed by atoms with van der Waals surface area (Å²) in [5, 5.41) is 20.9. The van der Waals surface area contributed by atoms with Crippen molar-refractivity contribution in [3.63, 3.8) is 0 Å². The molecule has 3 aromatic rings. The molecule has 1 saturated heterocycles. The lowest BCUT2D eigenvalue weighted by Gasteiger charge is -2.36. The van der Waals surface area contributed by atoms with E-state index < -0.39 is 12.1 Å². The minimum absolute atomic E-state index is 0.174. The molecule has 0 radical (unpaired) electrons. The van der Waals surface area contributed by atoms with Crippen LogP contribution in [0.15, 0.2) is 72.8 Å². The molecule has 0 amide bonds. The monoisotopic (exact) mass is 421 g/mol. The number of rotatable bonds is 5. The second-order valence-electron chi connectivity index (χ2n) is 7.72. The average Bonchev–Trinajstić information content (AvgIpc) is 2.79. The fourth-order valence-corrected chi connectivity index (χ4v) is 4.32. The van der Waals surface area contributed by atoms with Gasteiger partial charge in [0.05, 0.1) is 11.7 Å². The van der Waals surface area contributed by atoms with Gasteiger partial charge in [-0.1, -0.05) is 48.0 Å². The van der Waals surface area contributed by atoms with E-state index in [2.05, 4.69) is 4.90 Å². The zero-order chi connectivity index (χ0) is 21.1. The second-order valence-corrected chi connectivity index (χ2v) is 8.15. The van der Waals surface area contributed by atoms with Gasteiger partial charge in [0.2, 0.25) is 0 Å². The Morgan fingerprint density at radius 2 is 1.57 bits per heavy atom. The normalized spacial score (nSPS) is 15.7. The Morgan fingerprint density at radius 3 is 2.20 bits per heavy atom. The number of hydrogen-bond donors (Lipinski definition) is 2. The summed E-state index contributed by atoms with van der Waals surface area (Å²) in [6.45, 7) is 1.66. The van der Waals surface area contributed by atoms with E-state index in [0.29, 0.717) is 10.6 Å². The third kappa shape index (κ3) is 4.35. The first-order chi connectivity index (χ1) is 14.5. The molecule has 1 unspecified atom stereocenters. The molecule has 0 aliphatic carbocycles. The van der Waals surface area contributed by atoms with Gasteiger partial charge >= 0.3 is 5.97 Å². The fraction of sp³-hybridized carbons (Fsp3) is 0.240. The van der Waals surface area contributed by atoms with Gasteiger partial charge in [-0.25, -0.2) is 4.79 Å². The van der Waals surface area contributed by atoms with Crippen molar-refractivity contribution in [1.29, 1.82) is 0 Å². The summed E-state index contributed by atoms with van der Waals surface area (Å²) < 4.78 is 0. The van der Waals surface area contributed by atoms with E-state index in [1.165, 1.54) is 0 Å². The number of aliphatic hydroxyl groups is 1. The van der Waals surface area contributed by atoms with Crippen LogP contribution in [0.4, 0.5) is 5.69 Å². The smallest absolute Gasteiger partial charge is 0.335 e. The molecule has 154 valence electrons. The maximum atomic E-state index is 11.2. The van der Waals surface area contributed by atoms with Crippen LogP contribution < -0.4 is 4.90 Å². The Balaban J connectivity index is 1.46. The van der Waals surface area contributed by atoms with Crippen LogP contribution in [0.5, 0.6) is 0 Å². The Bertz CT molecular complexity index is 1010. The van der Waals surface area contributed by atoms with Crippen LogP contribution in [-0.4, -0.2) is 29.3 Å². The van der Waals surface area contributed by atoms with Crippen molar-refractivity contribution in [2.45, 2.75) is 18.9 Å². The molecule has 0 saturated carbocycles. The fourth-order valence-electron chi connectivity index (χ4n) is 4.19. The van der Waals surface area contributed by atoms with Gasteiger partial charge < -0.3 is 15.1 Å². The summed E-state index contributed by atoms with van der Waals surface area (Å²) in [7, 11) is 0. The van der Waals surface area contributed by atoms with E-state index in [1.54, 1.807) is 12.1 Å². The lowest BCUT2D eigenvalue weighted by Crippen LogP contribution is -2.35. The highest BCUT2D eigenvalue weighted by Crippen LogP contribution is 2.37. The molecule has 0 bridgehead atoms. The zero-order valence-corrected chi connectivity index (χ0v) is 17.3. The van der Waals surface area contributed by atoms with Crippen molar-refractivity contribution < 1.29 is 15.0 Å². The molecule has 30 heavy (non-hydrogen) atoms. The van der Waals surface area contributed by atoms with Crippen molar-refractivity contribution in [1.82, 2.24) is 0 Å². The van der Waals surface area contributed by atoms with Crippen molar-refractivity contribution in [2.24, 2.45) is 5.92 Å². The van der Waals surface area contributed by atoms with Crippen LogP contribution in [0.2, 0.25) is 5.02 Å². The second kappa shape index (κ2) is 8.90.